The van der Waals surface area contributed by atoms with Crippen molar-refractivity contribution >= 4 is 23.5 Å². The molecule has 1 atom stereocenters. The Kier molecular flexibility index (Phi) is 4.50. The van der Waals surface area contributed by atoms with E-state index in [1.165, 1.54) is 0 Å². The number of anilines is 1. The summed E-state index contributed by atoms with van der Waals surface area (Å²) in [6.07, 6.45) is 0.833. The normalized spacial score (nSPS) is 17.9. The lowest BCUT2D eigenvalue weighted by Crippen LogP contribution is -2.54. The van der Waals surface area contributed by atoms with E-state index in [1.807, 2.05) is 53.4 Å². The average molecular weight is 364 g/mol. The zero-order valence-electron chi connectivity index (χ0n) is 14.7. The van der Waals surface area contributed by atoms with Gasteiger partial charge in [-0.05, 0) is 30.5 Å². The lowest BCUT2D eigenvalue weighted by molar-refractivity contribution is -0.137. The number of guanidine groups is 1. The van der Waals surface area contributed by atoms with Crippen molar-refractivity contribution in [3.05, 3.63) is 65.7 Å². The number of carboxylic acid groups (broad SMARTS) is 1. The molecule has 0 bridgehead atoms. The third kappa shape index (κ3) is 3.23. The Balaban J connectivity index is 1.62. The number of hydrazone groups is 1. The van der Waals surface area contributed by atoms with Crippen LogP contribution in [0.15, 0.2) is 59.7 Å². The highest BCUT2D eigenvalue weighted by Crippen LogP contribution is 2.32. The molecule has 1 unspecified atom stereocenters. The van der Waals surface area contributed by atoms with Crippen molar-refractivity contribution in [2.24, 2.45) is 5.10 Å². The highest BCUT2D eigenvalue weighted by molar-refractivity contribution is 6.19. The molecule has 2 aromatic rings. The molecule has 2 aliphatic rings. The van der Waals surface area contributed by atoms with Gasteiger partial charge in [0.1, 0.15) is 6.17 Å². The minimum Gasteiger partial charge on any atom is -0.481 e. The summed E-state index contributed by atoms with van der Waals surface area (Å²) in [5.74, 6) is -0.408. The first kappa shape index (κ1) is 17.1. The van der Waals surface area contributed by atoms with Crippen molar-refractivity contribution < 1.29 is 14.7 Å². The first-order valence-corrected chi connectivity index (χ1v) is 8.94. The molecule has 0 aromatic heterocycles. The minimum atomic E-state index is -0.854. The van der Waals surface area contributed by atoms with E-state index in [0.29, 0.717) is 30.9 Å². The molecule has 0 saturated heterocycles. The molecule has 2 aromatic carbocycles. The maximum absolute atomic E-state index is 13.0. The molecule has 2 aliphatic heterocycles. The number of aliphatic carboxylic acids is 1. The fourth-order valence-corrected chi connectivity index (χ4v) is 3.49. The van der Waals surface area contributed by atoms with Gasteiger partial charge in [-0.2, -0.15) is 0 Å². The molecular weight excluding hydrogens is 344 g/mol. The van der Waals surface area contributed by atoms with Crippen LogP contribution in [-0.2, 0) is 11.2 Å². The van der Waals surface area contributed by atoms with Gasteiger partial charge in [0, 0.05) is 13.0 Å². The predicted molar refractivity (Wildman–Crippen MR) is 101 cm³/mol. The molecule has 0 fully saturated rings. The van der Waals surface area contributed by atoms with E-state index >= 15 is 0 Å². The quantitative estimate of drug-likeness (QED) is 0.821. The zero-order valence-corrected chi connectivity index (χ0v) is 14.7. The van der Waals surface area contributed by atoms with Crippen molar-refractivity contribution in [3.63, 3.8) is 0 Å². The highest BCUT2D eigenvalue weighted by Gasteiger charge is 2.41. The van der Waals surface area contributed by atoms with Gasteiger partial charge in [0.15, 0.2) is 0 Å². The van der Waals surface area contributed by atoms with Crippen LogP contribution in [0, 0.1) is 0 Å². The molecule has 2 heterocycles. The van der Waals surface area contributed by atoms with E-state index in [-0.39, 0.29) is 18.5 Å². The van der Waals surface area contributed by atoms with E-state index in [0.717, 1.165) is 11.3 Å². The molecule has 27 heavy (non-hydrogen) atoms. The van der Waals surface area contributed by atoms with Gasteiger partial charge >= 0.3 is 5.97 Å². The Morgan fingerprint density at radius 1 is 1.11 bits per heavy atom. The van der Waals surface area contributed by atoms with Crippen LogP contribution in [0.3, 0.4) is 0 Å². The van der Waals surface area contributed by atoms with Crippen LogP contribution < -0.4 is 10.3 Å². The highest BCUT2D eigenvalue weighted by atomic mass is 16.4. The molecule has 0 aliphatic carbocycles. The second-order valence-electron chi connectivity index (χ2n) is 6.57. The second kappa shape index (κ2) is 7.11. The van der Waals surface area contributed by atoms with Crippen LogP contribution >= 0.6 is 0 Å². The fraction of sp³-hybridized carbons (Fsp3) is 0.250. The van der Waals surface area contributed by atoms with E-state index < -0.39 is 5.97 Å². The van der Waals surface area contributed by atoms with Crippen molar-refractivity contribution in [1.29, 1.82) is 0 Å². The van der Waals surface area contributed by atoms with Crippen LogP contribution in [-0.4, -0.2) is 40.6 Å². The fourth-order valence-electron chi connectivity index (χ4n) is 3.49. The summed E-state index contributed by atoms with van der Waals surface area (Å²) < 4.78 is 0. The number of hydrogen-bond acceptors (Lipinski definition) is 5. The number of nitrogens with zero attached hydrogens (tertiary/aromatic N) is 3. The number of fused-ring (bicyclic) bond motifs is 3. The molecular formula is C20H20N4O3. The first-order chi connectivity index (χ1) is 13.1. The van der Waals surface area contributed by atoms with E-state index in [2.05, 4.69) is 10.5 Å². The molecule has 2 N–H and O–H groups in total. The topological polar surface area (TPSA) is 85.2 Å². The van der Waals surface area contributed by atoms with Gasteiger partial charge in [-0.25, -0.2) is 0 Å². The Hall–Kier alpha value is -3.35. The van der Waals surface area contributed by atoms with Crippen molar-refractivity contribution in [3.8, 4) is 0 Å². The van der Waals surface area contributed by atoms with Gasteiger partial charge in [0.25, 0.3) is 5.91 Å². The number of para-hydroxylation sites is 1. The number of carbonyl (C=O) groups excluding carboxylic acids is 1. The second-order valence-corrected chi connectivity index (χ2v) is 6.57. The van der Waals surface area contributed by atoms with Gasteiger partial charge in [-0.3, -0.25) is 24.8 Å². The SMILES string of the molecule is O=C(O)CCC1NN=C2N(CCc3ccccc3)C(=O)c3ccccc3N21. The molecule has 0 saturated carbocycles. The number of benzene rings is 2. The molecule has 1 amide bonds. The monoisotopic (exact) mass is 364 g/mol. The summed E-state index contributed by atoms with van der Waals surface area (Å²) >= 11 is 0. The standard InChI is InChI=1S/C20H20N4O3/c25-18(26)11-10-17-21-22-20-23(13-12-14-6-2-1-3-7-14)19(27)15-8-4-5-9-16(15)24(17)20/h1-9,17,21H,10-13H2,(H,25,26). The summed E-state index contributed by atoms with van der Waals surface area (Å²) in [6, 6.07) is 17.4. The van der Waals surface area contributed by atoms with Crippen LogP contribution in [0.2, 0.25) is 0 Å². The first-order valence-electron chi connectivity index (χ1n) is 8.94. The number of amides is 1. The summed E-state index contributed by atoms with van der Waals surface area (Å²) in [5.41, 5.74) is 5.51. The maximum Gasteiger partial charge on any atom is 0.303 e. The Morgan fingerprint density at radius 2 is 1.85 bits per heavy atom. The number of carboxylic acids is 1. The molecule has 7 nitrogen and oxygen atoms in total. The van der Waals surface area contributed by atoms with E-state index in [9.17, 15) is 9.59 Å². The number of carbonyl (C=O) groups is 2. The molecule has 138 valence electrons. The summed E-state index contributed by atoms with van der Waals surface area (Å²) in [4.78, 5) is 27.6. The Bertz CT molecular complexity index is 897. The lowest BCUT2D eigenvalue weighted by Gasteiger charge is -2.37. The minimum absolute atomic E-state index is 0.0249. The van der Waals surface area contributed by atoms with Crippen molar-refractivity contribution in [2.45, 2.75) is 25.4 Å². The van der Waals surface area contributed by atoms with E-state index in [4.69, 9.17) is 5.11 Å². The predicted octanol–water partition coefficient (Wildman–Crippen LogP) is 2.26. The molecule has 0 radical (unpaired) electrons. The summed E-state index contributed by atoms with van der Waals surface area (Å²) in [5, 5.41) is 13.4. The van der Waals surface area contributed by atoms with Gasteiger partial charge in [-0.1, -0.05) is 42.5 Å². The number of nitrogens with one attached hydrogen (secondary N) is 1. The molecule has 0 spiro atoms. The lowest BCUT2D eigenvalue weighted by atomic mass is 10.1. The van der Waals surface area contributed by atoms with Gasteiger partial charge in [0.05, 0.1) is 11.3 Å². The van der Waals surface area contributed by atoms with Gasteiger partial charge in [-0.15, -0.1) is 5.10 Å². The van der Waals surface area contributed by atoms with Crippen LogP contribution in [0.1, 0.15) is 28.8 Å². The van der Waals surface area contributed by atoms with Gasteiger partial charge < -0.3 is 5.11 Å². The third-order valence-electron chi connectivity index (χ3n) is 4.82. The van der Waals surface area contributed by atoms with Crippen LogP contribution in [0.5, 0.6) is 0 Å². The molecule has 4 rings (SSSR count). The van der Waals surface area contributed by atoms with Crippen LogP contribution in [0.25, 0.3) is 0 Å². The number of rotatable bonds is 6. The third-order valence-corrected chi connectivity index (χ3v) is 4.82. The van der Waals surface area contributed by atoms with Gasteiger partial charge in [0.2, 0.25) is 5.96 Å². The smallest absolute Gasteiger partial charge is 0.303 e. The molecule has 7 heteroatoms. The van der Waals surface area contributed by atoms with Crippen LogP contribution in [0.4, 0.5) is 5.69 Å². The number of hydrogen-bond donors (Lipinski definition) is 2. The van der Waals surface area contributed by atoms with Crippen molar-refractivity contribution in [2.75, 3.05) is 11.4 Å². The largest absolute Gasteiger partial charge is 0.481 e. The average Bonchev–Trinajstić information content (AvgIpc) is 3.11. The summed E-state index contributed by atoms with van der Waals surface area (Å²) in [7, 11) is 0. The zero-order chi connectivity index (χ0) is 18.8. The maximum atomic E-state index is 13.0. The Labute approximate surface area is 156 Å². The Morgan fingerprint density at radius 3 is 2.63 bits per heavy atom. The van der Waals surface area contributed by atoms with E-state index in [1.54, 1.807) is 11.0 Å². The summed E-state index contributed by atoms with van der Waals surface area (Å²) in [6.45, 7) is 0.500. The van der Waals surface area contributed by atoms with Crippen molar-refractivity contribution in [1.82, 2.24) is 10.3 Å².